The maximum Gasteiger partial charge on any atom is 0.224 e. The molecule has 4 nitrogen and oxygen atoms in total. The smallest absolute Gasteiger partial charge is 0.224 e. The third kappa shape index (κ3) is 3.67. The molecular formula is C14H19FN2O2. The van der Waals surface area contributed by atoms with Gasteiger partial charge in [0.15, 0.2) is 11.6 Å². The number of nitrogens with two attached hydrogens (primary N) is 1. The van der Waals surface area contributed by atoms with E-state index in [2.05, 4.69) is 5.32 Å². The average Bonchev–Trinajstić information content (AvgIpc) is 3.20. The molecule has 0 aliphatic heterocycles. The van der Waals surface area contributed by atoms with Crippen molar-refractivity contribution < 1.29 is 13.9 Å². The predicted octanol–water partition coefficient (Wildman–Crippen LogP) is 1.23. The van der Waals surface area contributed by atoms with Gasteiger partial charge in [0.05, 0.1) is 13.5 Å². The van der Waals surface area contributed by atoms with Crippen LogP contribution >= 0.6 is 0 Å². The van der Waals surface area contributed by atoms with Crippen molar-refractivity contribution in [3.05, 3.63) is 29.6 Å². The second-order valence-corrected chi connectivity index (χ2v) is 4.89. The summed E-state index contributed by atoms with van der Waals surface area (Å²) in [6, 6.07) is 4.60. The number of methoxy groups -OCH3 is 1. The Bertz CT molecular complexity index is 461. The molecule has 19 heavy (non-hydrogen) atoms. The molecule has 1 amide bonds. The molecule has 1 aliphatic rings. The van der Waals surface area contributed by atoms with Crippen LogP contribution in [0.4, 0.5) is 4.39 Å². The van der Waals surface area contributed by atoms with Crippen LogP contribution in [0, 0.1) is 11.7 Å². The summed E-state index contributed by atoms with van der Waals surface area (Å²) in [5.74, 6) is 0.126. The first-order chi connectivity index (χ1) is 9.13. The minimum absolute atomic E-state index is 0.0515. The molecule has 1 aromatic rings. The summed E-state index contributed by atoms with van der Waals surface area (Å²) in [7, 11) is 1.41. The predicted molar refractivity (Wildman–Crippen MR) is 70.4 cm³/mol. The maximum absolute atomic E-state index is 13.5. The largest absolute Gasteiger partial charge is 0.494 e. The number of ether oxygens (including phenoxy) is 1. The highest BCUT2D eigenvalue weighted by Crippen LogP contribution is 2.32. The highest BCUT2D eigenvalue weighted by molar-refractivity contribution is 5.79. The van der Waals surface area contributed by atoms with E-state index in [1.165, 1.54) is 19.2 Å². The summed E-state index contributed by atoms with van der Waals surface area (Å²) < 4.78 is 18.3. The molecule has 0 bridgehead atoms. The fourth-order valence-electron chi connectivity index (χ4n) is 2.13. The van der Waals surface area contributed by atoms with Gasteiger partial charge in [-0.05, 0) is 36.5 Å². The first-order valence-electron chi connectivity index (χ1n) is 6.46. The molecule has 0 heterocycles. The van der Waals surface area contributed by atoms with Crippen molar-refractivity contribution in [2.45, 2.75) is 25.3 Å². The molecule has 0 aromatic heterocycles. The van der Waals surface area contributed by atoms with E-state index in [1.54, 1.807) is 6.07 Å². The maximum atomic E-state index is 13.5. The van der Waals surface area contributed by atoms with Gasteiger partial charge in [0.1, 0.15) is 0 Å². The van der Waals surface area contributed by atoms with E-state index in [4.69, 9.17) is 10.5 Å². The zero-order valence-corrected chi connectivity index (χ0v) is 11.0. The number of carbonyl (C=O) groups excluding carboxylic acids is 1. The van der Waals surface area contributed by atoms with Crippen molar-refractivity contribution in [1.82, 2.24) is 5.32 Å². The van der Waals surface area contributed by atoms with Crippen molar-refractivity contribution in [2.75, 3.05) is 13.7 Å². The van der Waals surface area contributed by atoms with Crippen molar-refractivity contribution in [3.8, 4) is 5.75 Å². The molecule has 1 fully saturated rings. The van der Waals surface area contributed by atoms with E-state index in [1.807, 2.05) is 0 Å². The zero-order chi connectivity index (χ0) is 13.8. The van der Waals surface area contributed by atoms with Gasteiger partial charge in [0.2, 0.25) is 5.91 Å². The van der Waals surface area contributed by atoms with E-state index >= 15 is 0 Å². The van der Waals surface area contributed by atoms with Crippen LogP contribution in [0.2, 0.25) is 0 Å². The summed E-state index contributed by atoms with van der Waals surface area (Å²) in [5, 5.41) is 2.91. The number of hydrogen-bond donors (Lipinski definition) is 2. The van der Waals surface area contributed by atoms with Crippen molar-refractivity contribution in [2.24, 2.45) is 11.7 Å². The van der Waals surface area contributed by atoms with E-state index in [9.17, 15) is 9.18 Å². The third-order valence-electron chi connectivity index (χ3n) is 3.37. The molecule has 1 atom stereocenters. The molecule has 1 aromatic carbocycles. The highest BCUT2D eigenvalue weighted by Gasteiger charge is 2.31. The van der Waals surface area contributed by atoms with Crippen LogP contribution in [0.15, 0.2) is 18.2 Å². The van der Waals surface area contributed by atoms with E-state index in [0.29, 0.717) is 18.0 Å². The van der Waals surface area contributed by atoms with Gasteiger partial charge >= 0.3 is 0 Å². The van der Waals surface area contributed by atoms with Crippen molar-refractivity contribution in [3.63, 3.8) is 0 Å². The molecule has 5 heteroatoms. The molecule has 0 radical (unpaired) electrons. The SMILES string of the molecule is COc1ccc(CC(=O)NC(CN)C2CC2)cc1F. The summed E-state index contributed by atoms with van der Waals surface area (Å²) >= 11 is 0. The van der Waals surface area contributed by atoms with Gasteiger partial charge < -0.3 is 15.8 Å². The Morgan fingerprint density at radius 2 is 2.32 bits per heavy atom. The van der Waals surface area contributed by atoms with Crippen molar-refractivity contribution >= 4 is 5.91 Å². The van der Waals surface area contributed by atoms with Gasteiger partial charge in [-0.2, -0.15) is 0 Å². The van der Waals surface area contributed by atoms with Gasteiger partial charge in [0, 0.05) is 12.6 Å². The standard InChI is InChI=1S/C14H19FN2O2/c1-19-13-5-2-9(6-11(13)15)7-14(18)17-12(8-16)10-3-4-10/h2,5-6,10,12H,3-4,7-8,16H2,1H3,(H,17,18). The lowest BCUT2D eigenvalue weighted by Crippen LogP contribution is -2.42. The summed E-state index contributed by atoms with van der Waals surface area (Å²) in [4.78, 5) is 11.9. The molecular weight excluding hydrogens is 247 g/mol. The van der Waals surface area contributed by atoms with E-state index in [-0.39, 0.29) is 24.1 Å². The van der Waals surface area contributed by atoms with Gasteiger partial charge in [-0.25, -0.2) is 4.39 Å². The topological polar surface area (TPSA) is 64.3 Å². The Kier molecular flexibility index (Phi) is 4.37. The minimum Gasteiger partial charge on any atom is -0.494 e. The summed E-state index contributed by atoms with van der Waals surface area (Å²) in [5.41, 5.74) is 6.25. The minimum atomic E-state index is -0.453. The Morgan fingerprint density at radius 1 is 1.58 bits per heavy atom. The normalized spacial score (nSPS) is 15.9. The number of nitrogens with one attached hydrogen (secondary N) is 1. The molecule has 1 aliphatic carbocycles. The number of amides is 1. The average molecular weight is 266 g/mol. The van der Waals surface area contributed by atoms with Crippen molar-refractivity contribution in [1.29, 1.82) is 0 Å². The number of hydrogen-bond acceptors (Lipinski definition) is 3. The van der Waals surface area contributed by atoms with Gasteiger partial charge in [-0.1, -0.05) is 6.07 Å². The van der Waals surface area contributed by atoms with Crippen LogP contribution in [-0.2, 0) is 11.2 Å². The Morgan fingerprint density at radius 3 is 2.84 bits per heavy atom. The van der Waals surface area contributed by atoms with E-state index < -0.39 is 5.82 Å². The first kappa shape index (κ1) is 13.8. The fraction of sp³-hybridized carbons (Fsp3) is 0.500. The lowest BCUT2D eigenvalue weighted by Gasteiger charge is -2.16. The van der Waals surface area contributed by atoms with Crippen LogP contribution in [0.25, 0.3) is 0 Å². The number of benzene rings is 1. The third-order valence-corrected chi connectivity index (χ3v) is 3.37. The molecule has 3 N–H and O–H groups in total. The van der Waals surface area contributed by atoms with Gasteiger partial charge in [-0.3, -0.25) is 4.79 Å². The fourth-order valence-corrected chi connectivity index (χ4v) is 2.13. The van der Waals surface area contributed by atoms with Crippen LogP contribution < -0.4 is 15.8 Å². The summed E-state index contributed by atoms with van der Waals surface area (Å²) in [6.45, 7) is 0.452. The molecule has 1 unspecified atom stereocenters. The Hall–Kier alpha value is -1.62. The molecule has 0 spiro atoms. The van der Waals surface area contributed by atoms with Crippen LogP contribution in [0.3, 0.4) is 0 Å². The summed E-state index contributed by atoms with van der Waals surface area (Å²) in [6.07, 6.45) is 2.41. The first-order valence-corrected chi connectivity index (χ1v) is 6.46. The molecule has 2 rings (SSSR count). The second-order valence-electron chi connectivity index (χ2n) is 4.89. The van der Waals surface area contributed by atoms with E-state index in [0.717, 1.165) is 12.8 Å². The number of halogens is 1. The monoisotopic (exact) mass is 266 g/mol. The lowest BCUT2D eigenvalue weighted by molar-refractivity contribution is -0.121. The van der Waals surface area contributed by atoms with Crippen LogP contribution in [-0.4, -0.2) is 25.6 Å². The number of rotatable bonds is 6. The quantitative estimate of drug-likeness (QED) is 0.814. The molecule has 0 saturated heterocycles. The lowest BCUT2D eigenvalue weighted by atomic mass is 10.1. The van der Waals surface area contributed by atoms with Gasteiger partial charge in [-0.15, -0.1) is 0 Å². The van der Waals surface area contributed by atoms with Crippen LogP contribution in [0.5, 0.6) is 5.75 Å². The highest BCUT2D eigenvalue weighted by atomic mass is 19.1. The zero-order valence-electron chi connectivity index (χ0n) is 11.0. The second kappa shape index (κ2) is 6.02. The van der Waals surface area contributed by atoms with Crippen LogP contribution in [0.1, 0.15) is 18.4 Å². The Labute approximate surface area is 112 Å². The molecule has 104 valence electrons. The Balaban J connectivity index is 1.92. The number of carbonyl (C=O) groups is 1. The van der Waals surface area contributed by atoms with Gasteiger partial charge in [0.25, 0.3) is 0 Å². The molecule has 1 saturated carbocycles.